The summed E-state index contributed by atoms with van der Waals surface area (Å²) < 4.78 is 24.8. The number of ether oxygens (including phenoxy) is 1. The van der Waals surface area contributed by atoms with Gasteiger partial charge in [0.25, 0.3) is 5.91 Å². The molecule has 0 aliphatic carbocycles. The molecule has 9 nitrogen and oxygen atoms in total. The predicted octanol–water partition coefficient (Wildman–Crippen LogP) is 4.35. The molecule has 0 spiro atoms. The van der Waals surface area contributed by atoms with E-state index in [9.17, 15) is 18.8 Å². The molecular formula is C23H22ClFN4O5S. The number of halogens is 2. The minimum absolute atomic E-state index is 0.0392. The summed E-state index contributed by atoms with van der Waals surface area (Å²) in [6.07, 6.45) is -0.735. The van der Waals surface area contributed by atoms with Crippen LogP contribution in [0.4, 0.5) is 14.9 Å². The van der Waals surface area contributed by atoms with Gasteiger partial charge in [-0.25, -0.2) is 14.0 Å². The van der Waals surface area contributed by atoms with Crippen molar-refractivity contribution in [2.24, 2.45) is 0 Å². The molecule has 1 aliphatic rings. The first kappa shape index (κ1) is 24.8. The summed E-state index contributed by atoms with van der Waals surface area (Å²) in [5, 5.41) is 6.73. The van der Waals surface area contributed by atoms with Crippen LogP contribution in [0.1, 0.15) is 26.3 Å². The molecule has 3 aromatic rings. The fourth-order valence-electron chi connectivity index (χ4n) is 3.44. The van der Waals surface area contributed by atoms with Gasteiger partial charge in [-0.2, -0.15) is 0 Å². The van der Waals surface area contributed by atoms with E-state index in [0.717, 1.165) is 5.56 Å². The molecule has 1 aliphatic heterocycles. The molecule has 1 aromatic heterocycles. The minimum Gasteiger partial charge on any atom is -0.444 e. The number of aromatic amines is 1. The third-order valence-electron chi connectivity index (χ3n) is 4.95. The van der Waals surface area contributed by atoms with Gasteiger partial charge in [0.05, 0.1) is 17.8 Å². The lowest BCUT2D eigenvalue weighted by Crippen LogP contribution is -2.50. The third-order valence-corrected chi connectivity index (χ3v) is 6.34. The molecular weight excluding hydrogens is 499 g/mol. The van der Waals surface area contributed by atoms with Crippen LogP contribution in [-0.2, 0) is 16.1 Å². The Hall–Kier alpha value is -3.31. The molecule has 12 heteroatoms. The van der Waals surface area contributed by atoms with Gasteiger partial charge >= 0.3 is 11.8 Å². The number of hydrogen-bond donors (Lipinski definition) is 2. The number of hydrogen-bond acceptors (Lipinski definition) is 7. The lowest BCUT2D eigenvalue weighted by atomic mass is 10.1. The third kappa shape index (κ3) is 5.85. The van der Waals surface area contributed by atoms with Crippen LogP contribution in [-0.4, -0.2) is 39.5 Å². The van der Waals surface area contributed by atoms with Gasteiger partial charge in [0, 0.05) is 15.7 Å². The summed E-state index contributed by atoms with van der Waals surface area (Å²) in [5.41, 5.74) is 0.368. The number of nitrogens with one attached hydrogen (secondary N) is 2. The maximum Gasteiger partial charge on any atom is 0.439 e. The van der Waals surface area contributed by atoms with Crippen LogP contribution in [0.5, 0.6) is 0 Å². The Morgan fingerprint density at radius 3 is 2.66 bits per heavy atom. The molecule has 0 fully saturated rings. The molecule has 0 saturated carbocycles. The van der Waals surface area contributed by atoms with Crippen LogP contribution in [0, 0.1) is 5.82 Å². The van der Waals surface area contributed by atoms with Gasteiger partial charge in [0.1, 0.15) is 17.5 Å². The summed E-state index contributed by atoms with van der Waals surface area (Å²) in [6.45, 7) is 5.28. The lowest BCUT2D eigenvalue weighted by Gasteiger charge is -2.27. The zero-order valence-electron chi connectivity index (χ0n) is 19.1. The molecule has 0 radical (unpaired) electrons. The number of benzene rings is 2. The first-order chi connectivity index (χ1) is 16.5. The smallest absolute Gasteiger partial charge is 0.439 e. The fraction of sp³-hybridized carbons (Fsp3) is 0.304. The van der Waals surface area contributed by atoms with Crippen molar-refractivity contribution < 1.29 is 23.2 Å². The summed E-state index contributed by atoms with van der Waals surface area (Å²) in [4.78, 5) is 41.7. The molecule has 0 bridgehead atoms. The molecule has 1 atom stereocenters. The first-order valence-corrected chi connectivity index (χ1v) is 11.9. The van der Waals surface area contributed by atoms with Crippen LogP contribution >= 0.6 is 23.4 Å². The first-order valence-electron chi connectivity index (χ1n) is 10.6. The number of thioether (sulfide) groups is 1. The zero-order valence-corrected chi connectivity index (χ0v) is 20.6. The fourth-order valence-corrected chi connectivity index (χ4v) is 4.64. The van der Waals surface area contributed by atoms with E-state index in [-0.39, 0.29) is 23.7 Å². The van der Waals surface area contributed by atoms with Crippen molar-refractivity contribution in [1.29, 1.82) is 0 Å². The molecule has 2 heterocycles. The van der Waals surface area contributed by atoms with Gasteiger partial charge in [-0.1, -0.05) is 28.9 Å². The normalized spacial score (nSPS) is 16.0. The van der Waals surface area contributed by atoms with Crippen molar-refractivity contribution in [3.63, 3.8) is 0 Å². The quantitative estimate of drug-likeness (QED) is 0.525. The maximum absolute atomic E-state index is 15.0. The van der Waals surface area contributed by atoms with E-state index in [1.165, 1.54) is 28.8 Å². The van der Waals surface area contributed by atoms with Crippen molar-refractivity contribution in [2.45, 2.75) is 43.9 Å². The van der Waals surface area contributed by atoms with E-state index in [1.54, 1.807) is 45.0 Å². The Bertz CT molecular complexity index is 1320. The molecule has 2 aromatic carbocycles. The highest BCUT2D eigenvalue weighted by Crippen LogP contribution is 2.39. The summed E-state index contributed by atoms with van der Waals surface area (Å²) >= 11 is 7.21. The average Bonchev–Trinajstić information content (AvgIpc) is 3.16. The van der Waals surface area contributed by atoms with E-state index in [4.69, 9.17) is 16.3 Å². The summed E-state index contributed by atoms with van der Waals surface area (Å²) in [7, 11) is 0. The largest absolute Gasteiger partial charge is 0.444 e. The Morgan fingerprint density at radius 1 is 1.31 bits per heavy atom. The van der Waals surface area contributed by atoms with E-state index >= 15 is 0 Å². The van der Waals surface area contributed by atoms with Crippen LogP contribution in [0.3, 0.4) is 0 Å². The molecule has 2 amide bonds. The number of nitrogens with zero attached hydrogens (tertiary/aromatic N) is 2. The second kappa shape index (κ2) is 9.74. The number of aromatic nitrogens is 2. The number of anilines is 1. The Labute approximate surface area is 209 Å². The standard InChI is InChI=1S/C23H22ClFN4O5S/c1-23(2,3)33-21(31)26-16-11-35-18-9-15(25)14(19-27-22(32)34-28-19)8-17(18)29(20(16)30)10-12-4-6-13(24)7-5-12/h4-9,16H,10-11H2,1-3H3,(H,26,31)(H,27,28,32)/t16-/m0/s1. The lowest BCUT2D eigenvalue weighted by molar-refractivity contribution is -0.120. The second-order valence-electron chi connectivity index (χ2n) is 8.80. The van der Waals surface area contributed by atoms with Gasteiger partial charge in [-0.15, -0.1) is 11.8 Å². The van der Waals surface area contributed by atoms with E-state index in [2.05, 4.69) is 20.0 Å². The summed E-state index contributed by atoms with van der Waals surface area (Å²) in [5.74, 6) is -1.85. The summed E-state index contributed by atoms with van der Waals surface area (Å²) in [6, 6.07) is 8.68. The van der Waals surface area contributed by atoms with Crippen molar-refractivity contribution >= 4 is 41.1 Å². The zero-order chi connectivity index (χ0) is 25.3. The number of fused-ring (bicyclic) bond motifs is 1. The number of alkyl carbamates (subject to hydrolysis) is 1. The highest BCUT2D eigenvalue weighted by molar-refractivity contribution is 7.99. The van der Waals surface area contributed by atoms with Crippen molar-refractivity contribution in [3.05, 3.63) is 63.4 Å². The molecule has 35 heavy (non-hydrogen) atoms. The number of amides is 2. The minimum atomic E-state index is -0.937. The Morgan fingerprint density at radius 2 is 2.03 bits per heavy atom. The van der Waals surface area contributed by atoms with Gasteiger partial charge in [-0.05, 0) is 50.6 Å². The molecule has 0 saturated heterocycles. The Balaban J connectivity index is 1.74. The average molecular weight is 521 g/mol. The van der Waals surface area contributed by atoms with Crippen LogP contribution in [0.25, 0.3) is 11.4 Å². The molecule has 0 unspecified atom stereocenters. The number of rotatable bonds is 4. The van der Waals surface area contributed by atoms with Gasteiger partial charge < -0.3 is 15.0 Å². The molecule has 2 N–H and O–H groups in total. The number of carbonyl (C=O) groups excluding carboxylic acids is 2. The SMILES string of the molecule is CC(C)(C)OC(=O)N[C@H]1CSc2cc(F)c(-c3noc(=O)[nH]3)cc2N(Cc2ccc(Cl)cc2)C1=O. The molecule has 184 valence electrons. The van der Waals surface area contributed by atoms with E-state index in [0.29, 0.717) is 15.6 Å². The van der Waals surface area contributed by atoms with E-state index in [1.807, 2.05) is 0 Å². The van der Waals surface area contributed by atoms with Crippen molar-refractivity contribution in [2.75, 3.05) is 10.7 Å². The molecule has 4 rings (SSSR count). The highest BCUT2D eigenvalue weighted by Gasteiger charge is 2.34. The Kier molecular flexibility index (Phi) is 6.91. The second-order valence-corrected chi connectivity index (χ2v) is 10.3. The van der Waals surface area contributed by atoms with E-state index < -0.39 is 35.2 Å². The van der Waals surface area contributed by atoms with Crippen LogP contribution in [0.15, 0.2) is 50.6 Å². The van der Waals surface area contributed by atoms with Crippen LogP contribution in [0.2, 0.25) is 5.02 Å². The predicted molar refractivity (Wildman–Crippen MR) is 129 cm³/mol. The topological polar surface area (TPSA) is 118 Å². The number of carbonyl (C=O) groups is 2. The maximum atomic E-state index is 15.0. The highest BCUT2D eigenvalue weighted by atomic mass is 35.5. The number of H-pyrrole nitrogens is 1. The van der Waals surface area contributed by atoms with Crippen LogP contribution < -0.4 is 16.0 Å². The van der Waals surface area contributed by atoms with Gasteiger partial charge in [-0.3, -0.25) is 14.3 Å². The van der Waals surface area contributed by atoms with Crippen molar-refractivity contribution in [3.8, 4) is 11.4 Å². The van der Waals surface area contributed by atoms with Gasteiger partial charge in [0.2, 0.25) is 0 Å². The van der Waals surface area contributed by atoms with Crippen molar-refractivity contribution in [1.82, 2.24) is 15.5 Å². The monoisotopic (exact) mass is 520 g/mol. The van der Waals surface area contributed by atoms with Gasteiger partial charge in [0.15, 0.2) is 5.82 Å².